The fraction of sp³-hybridized carbons (Fsp3) is 0.0645. The topological polar surface area (TPSA) is 60.4 Å². The molecule has 7 heteroatoms. The molecule has 0 aliphatic rings. The van der Waals surface area contributed by atoms with Gasteiger partial charge in [0.1, 0.15) is 22.5 Å². The van der Waals surface area contributed by atoms with Crippen molar-refractivity contribution in [2.75, 3.05) is 19.1 Å². The summed E-state index contributed by atoms with van der Waals surface area (Å²) < 4.78 is 20.0. The molecule has 6 nitrogen and oxygen atoms in total. The molecule has 0 radical (unpaired) electrons. The summed E-state index contributed by atoms with van der Waals surface area (Å²) in [7, 11) is 3.35. The lowest BCUT2D eigenvalue weighted by Crippen LogP contribution is -2.09. The molecule has 186 valence electrons. The van der Waals surface area contributed by atoms with E-state index in [9.17, 15) is 0 Å². The first-order valence-corrected chi connectivity index (χ1v) is 12.8. The number of pyridine rings is 1. The molecule has 6 rings (SSSR count). The third-order valence-electron chi connectivity index (χ3n) is 6.50. The zero-order valence-electron chi connectivity index (χ0n) is 20.9. The molecule has 0 saturated heterocycles. The minimum Gasteiger partial charge on any atom is -0.497 e. The molecule has 4 aromatic carbocycles. The molecule has 0 fully saturated rings. The first-order valence-electron chi connectivity index (χ1n) is 12.1. The maximum atomic E-state index is 5.37. The Balaban J connectivity index is 1.40. The lowest BCUT2D eigenvalue weighted by atomic mass is 9.98. The van der Waals surface area contributed by atoms with Gasteiger partial charge in [0, 0.05) is 40.6 Å². The maximum Gasteiger partial charge on any atom is 0.119 e. The van der Waals surface area contributed by atoms with E-state index in [0.717, 1.165) is 61.8 Å². The number of methoxy groups -OCH3 is 2. The average Bonchev–Trinajstić information content (AvgIpc) is 3.49. The van der Waals surface area contributed by atoms with E-state index in [4.69, 9.17) is 9.47 Å². The monoisotopic (exact) mass is 516 g/mol. The molecular weight excluding hydrogens is 492 g/mol. The molecule has 0 unspecified atom stereocenters. The van der Waals surface area contributed by atoms with E-state index >= 15 is 0 Å². The Kier molecular flexibility index (Phi) is 6.42. The number of anilines is 3. The van der Waals surface area contributed by atoms with E-state index in [2.05, 4.69) is 79.3 Å². The van der Waals surface area contributed by atoms with E-state index in [1.165, 1.54) is 11.7 Å². The van der Waals surface area contributed by atoms with Gasteiger partial charge in [0.05, 0.1) is 25.9 Å². The summed E-state index contributed by atoms with van der Waals surface area (Å²) in [5.41, 5.74) is 9.16. The molecule has 0 N–H and O–H groups in total. The third-order valence-corrected chi connectivity index (χ3v) is 7.03. The number of nitrogens with zero attached hydrogens (tertiary/aromatic N) is 4. The predicted octanol–water partition coefficient (Wildman–Crippen LogP) is 7.91. The number of rotatable bonds is 7. The SMILES string of the molecule is COc1ccc(N(c2ccc(OC)cc2)c2ccc(-c3ccc(-c4ccncc4)c4nsnc34)cc2)cc1. The molecule has 2 heterocycles. The van der Waals surface area contributed by atoms with Crippen LogP contribution in [0.2, 0.25) is 0 Å². The van der Waals surface area contributed by atoms with Crippen molar-refractivity contribution in [1.82, 2.24) is 13.7 Å². The minimum atomic E-state index is 0.815. The van der Waals surface area contributed by atoms with Crippen LogP contribution in [0, 0.1) is 0 Å². The molecule has 0 aliphatic carbocycles. The summed E-state index contributed by atoms with van der Waals surface area (Å²) in [6, 6.07) is 32.9. The summed E-state index contributed by atoms with van der Waals surface area (Å²) >= 11 is 1.23. The van der Waals surface area contributed by atoms with Crippen LogP contribution in [0.4, 0.5) is 17.1 Å². The van der Waals surface area contributed by atoms with E-state index in [-0.39, 0.29) is 0 Å². The number of ether oxygens (including phenoxy) is 2. The van der Waals surface area contributed by atoms with Crippen molar-refractivity contribution < 1.29 is 9.47 Å². The Bertz CT molecular complexity index is 1620. The van der Waals surface area contributed by atoms with Crippen LogP contribution >= 0.6 is 11.7 Å². The highest BCUT2D eigenvalue weighted by Crippen LogP contribution is 2.39. The van der Waals surface area contributed by atoms with Gasteiger partial charge < -0.3 is 14.4 Å². The quantitative estimate of drug-likeness (QED) is 0.215. The lowest BCUT2D eigenvalue weighted by molar-refractivity contribution is 0.415. The minimum absolute atomic E-state index is 0.815. The summed E-state index contributed by atoms with van der Waals surface area (Å²) in [6.07, 6.45) is 3.59. The second-order valence-electron chi connectivity index (χ2n) is 8.64. The fourth-order valence-electron chi connectivity index (χ4n) is 4.56. The molecule has 0 spiro atoms. The molecule has 6 aromatic rings. The molecule has 0 bridgehead atoms. The second-order valence-corrected chi connectivity index (χ2v) is 9.16. The van der Waals surface area contributed by atoms with Gasteiger partial charge in [-0.25, -0.2) is 0 Å². The number of fused-ring (bicyclic) bond motifs is 1. The van der Waals surface area contributed by atoms with Crippen molar-refractivity contribution in [3.05, 3.63) is 109 Å². The molecule has 0 amide bonds. The Morgan fingerprint density at radius 2 is 0.947 bits per heavy atom. The highest BCUT2D eigenvalue weighted by molar-refractivity contribution is 7.00. The maximum absolute atomic E-state index is 5.37. The average molecular weight is 517 g/mol. The van der Waals surface area contributed by atoms with Gasteiger partial charge in [0.15, 0.2) is 0 Å². The smallest absolute Gasteiger partial charge is 0.119 e. The molecule has 0 atom stereocenters. The molecule has 38 heavy (non-hydrogen) atoms. The van der Waals surface area contributed by atoms with Crippen LogP contribution in [0.3, 0.4) is 0 Å². The van der Waals surface area contributed by atoms with Gasteiger partial charge in [-0.15, -0.1) is 0 Å². The van der Waals surface area contributed by atoms with Crippen LogP contribution in [-0.4, -0.2) is 28.0 Å². The highest BCUT2D eigenvalue weighted by atomic mass is 32.1. The van der Waals surface area contributed by atoms with Crippen molar-refractivity contribution in [3.8, 4) is 33.8 Å². The van der Waals surface area contributed by atoms with Crippen LogP contribution in [0.25, 0.3) is 33.3 Å². The van der Waals surface area contributed by atoms with Gasteiger partial charge in [-0.1, -0.05) is 24.3 Å². The van der Waals surface area contributed by atoms with Gasteiger partial charge >= 0.3 is 0 Å². The van der Waals surface area contributed by atoms with Crippen molar-refractivity contribution in [2.45, 2.75) is 0 Å². The van der Waals surface area contributed by atoms with Crippen LogP contribution < -0.4 is 14.4 Å². The van der Waals surface area contributed by atoms with Crippen molar-refractivity contribution in [3.63, 3.8) is 0 Å². The molecule has 2 aromatic heterocycles. The first-order chi connectivity index (χ1) is 18.7. The van der Waals surface area contributed by atoms with Crippen molar-refractivity contribution in [2.24, 2.45) is 0 Å². The van der Waals surface area contributed by atoms with Crippen LogP contribution in [0.15, 0.2) is 109 Å². The van der Waals surface area contributed by atoms with Crippen LogP contribution in [-0.2, 0) is 0 Å². The number of hydrogen-bond donors (Lipinski definition) is 0. The van der Waals surface area contributed by atoms with Crippen molar-refractivity contribution in [1.29, 1.82) is 0 Å². The first kappa shape index (κ1) is 23.6. The Hall–Kier alpha value is -4.75. The zero-order valence-corrected chi connectivity index (χ0v) is 21.7. The summed E-state index contributed by atoms with van der Waals surface area (Å²) in [6.45, 7) is 0. The number of benzene rings is 4. The van der Waals surface area contributed by atoms with Gasteiger partial charge in [-0.05, 0) is 83.9 Å². The van der Waals surface area contributed by atoms with Gasteiger partial charge in [0.25, 0.3) is 0 Å². The predicted molar refractivity (Wildman–Crippen MR) is 154 cm³/mol. The van der Waals surface area contributed by atoms with E-state index in [1.54, 1.807) is 26.6 Å². The molecule has 0 saturated carbocycles. The van der Waals surface area contributed by atoms with Gasteiger partial charge in [-0.2, -0.15) is 8.75 Å². The van der Waals surface area contributed by atoms with E-state index in [1.807, 2.05) is 36.4 Å². The standard InChI is InChI=1S/C31H24N4O2S/c1-36-26-11-7-24(8-12-26)35(25-9-13-27(37-2)14-10-25)23-5-3-21(4-6-23)28-15-16-29(22-17-19-32-20-18-22)31-30(28)33-38-34-31/h3-20H,1-2H3. The lowest BCUT2D eigenvalue weighted by Gasteiger charge is -2.26. The van der Waals surface area contributed by atoms with Crippen LogP contribution in [0.1, 0.15) is 0 Å². The number of hydrogen-bond acceptors (Lipinski definition) is 7. The Labute approximate surface area is 225 Å². The highest BCUT2D eigenvalue weighted by Gasteiger charge is 2.16. The largest absolute Gasteiger partial charge is 0.497 e. The van der Waals surface area contributed by atoms with Crippen LogP contribution in [0.5, 0.6) is 11.5 Å². The van der Waals surface area contributed by atoms with E-state index in [0.29, 0.717) is 0 Å². The Morgan fingerprint density at radius 3 is 1.39 bits per heavy atom. The van der Waals surface area contributed by atoms with Gasteiger partial charge in [-0.3, -0.25) is 4.98 Å². The third kappa shape index (κ3) is 4.44. The number of aromatic nitrogens is 3. The normalized spacial score (nSPS) is 10.9. The van der Waals surface area contributed by atoms with E-state index < -0.39 is 0 Å². The fourth-order valence-corrected chi connectivity index (χ4v) is 5.14. The summed E-state index contributed by atoms with van der Waals surface area (Å²) in [5, 5.41) is 0. The molecular formula is C31H24N4O2S. The molecule has 0 aliphatic heterocycles. The zero-order chi connectivity index (χ0) is 25.9. The summed E-state index contributed by atoms with van der Waals surface area (Å²) in [5.74, 6) is 1.63. The second kappa shape index (κ2) is 10.3. The van der Waals surface area contributed by atoms with Crippen molar-refractivity contribution >= 4 is 39.8 Å². The Morgan fingerprint density at radius 1 is 0.526 bits per heavy atom. The summed E-state index contributed by atoms with van der Waals surface area (Å²) in [4.78, 5) is 6.34. The van der Waals surface area contributed by atoms with Gasteiger partial charge in [0.2, 0.25) is 0 Å².